The highest BCUT2D eigenvalue weighted by atomic mass is 19.1. The van der Waals surface area contributed by atoms with Crippen molar-refractivity contribution in [3.05, 3.63) is 59.4 Å². The number of methoxy groups -OCH3 is 1. The Labute approximate surface area is 151 Å². The van der Waals surface area contributed by atoms with Crippen LogP contribution in [0.3, 0.4) is 0 Å². The van der Waals surface area contributed by atoms with Crippen LogP contribution < -0.4 is 4.74 Å². The van der Waals surface area contributed by atoms with Gasteiger partial charge in [0.05, 0.1) is 31.5 Å². The topological polar surface area (TPSA) is 48.4 Å². The minimum atomic E-state index is -0.880. The second-order valence-corrected chi connectivity index (χ2v) is 6.74. The lowest BCUT2D eigenvalue weighted by molar-refractivity contribution is -0.147. The van der Waals surface area contributed by atoms with Gasteiger partial charge in [0.2, 0.25) is 0 Å². The number of benzene rings is 1. The monoisotopic (exact) mass is 361 g/mol. The van der Waals surface area contributed by atoms with Gasteiger partial charge in [0.25, 0.3) is 0 Å². The van der Waals surface area contributed by atoms with Crippen molar-refractivity contribution in [2.75, 3.05) is 13.7 Å². The molecule has 26 heavy (non-hydrogen) atoms. The van der Waals surface area contributed by atoms with Crippen molar-refractivity contribution in [3.63, 3.8) is 0 Å². The van der Waals surface area contributed by atoms with E-state index >= 15 is 0 Å². The molecule has 0 saturated heterocycles. The molecule has 1 aliphatic rings. The summed E-state index contributed by atoms with van der Waals surface area (Å²) in [5.74, 6) is -0.742. The number of rotatable bonds is 5. The quantitative estimate of drug-likeness (QED) is 0.757. The van der Waals surface area contributed by atoms with Gasteiger partial charge in [0, 0.05) is 6.07 Å². The molecule has 0 bridgehead atoms. The van der Waals surface area contributed by atoms with Gasteiger partial charge in [0.1, 0.15) is 17.4 Å². The first-order valence-corrected chi connectivity index (χ1v) is 8.53. The molecule has 0 aliphatic heterocycles. The Morgan fingerprint density at radius 2 is 2.15 bits per heavy atom. The molecule has 0 amide bonds. The number of nitrogens with zero attached hydrogens (tertiary/aromatic N) is 1. The van der Waals surface area contributed by atoms with E-state index in [1.165, 1.54) is 25.4 Å². The molecule has 1 heterocycles. The molecule has 1 saturated carbocycles. The van der Waals surface area contributed by atoms with E-state index in [0.717, 1.165) is 12.6 Å². The van der Waals surface area contributed by atoms with Gasteiger partial charge >= 0.3 is 5.97 Å². The standard InChI is InChI=1S/C20H21F2NO3/c1-13-17(4-3-5-18(13)22)20(19(24)25-2)7-6-14(9-20)12-26-16-8-15(21)10-23-11-16/h3-5,8,10-11,14H,6-7,9,12H2,1-2H3/t14-,20+/m1/s1. The van der Waals surface area contributed by atoms with E-state index in [2.05, 4.69) is 4.98 Å². The van der Waals surface area contributed by atoms with Crippen LogP contribution in [0.5, 0.6) is 5.75 Å². The fourth-order valence-electron chi connectivity index (χ4n) is 3.84. The van der Waals surface area contributed by atoms with E-state index < -0.39 is 11.2 Å². The van der Waals surface area contributed by atoms with Crippen LogP contribution in [0, 0.1) is 24.5 Å². The number of pyridine rings is 1. The normalized spacial score (nSPS) is 22.2. The molecule has 6 heteroatoms. The molecule has 1 aromatic heterocycles. The molecule has 2 aromatic rings. The van der Waals surface area contributed by atoms with Gasteiger partial charge < -0.3 is 9.47 Å². The minimum Gasteiger partial charge on any atom is -0.492 e. The molecule has 4 nitrogen and oxygen atoms in total. The van der Waals surface area contributed by atoms with Crippen LogP contribution in [-0.4, -0.2) is 24.7 Å². The predicted octanol–water partition coefficient (Wildman–Crippen LogP) is 3.96. The number of hydrogen-bond donors (Lipinski definition) is 0. The summed E-state index contributed by atoms with van der Waals surface area (Å²) in [7, 11) is 1.35. The highest BCUT2D eigenvalue weighted by Gasteiger charge is 2.48. The number of hydrogen-bond acceptors (Lipinski definition) is 4. The summed E-state index contributed by atoms with van der Waals surface area (Å²) in [6, 6.07) is 6.06. The fourth-order valence-corrected chi connectivity index (χ4v) is 3.84. The van der Waals surface area contributed by atoms with Crippen LogP contribution in [0.15, 0.2) is 36.7 Å². The largest absolute Gasteiger partial charge is 0.492 e. The first kappa shape index (κ1) is 18.3. The molecule has 1 fully saturated rings. The third-order valence-electron chi connectivity index (χ3n) is 5.14. The molecule has 0 spiro atoms. The fraction of sp³-hybridized carbons (Fsp3) is 0.400. The predicted molar refractivity (Wildman–Crippen MR) is 91.9 cm³/mol. The molecular formula is C20H21F2NO3. The van der Waals surface area contributed by atoms with Crippen LogP contribution in [0.2, 0.25) is 0 Å². The van der Waals surface area contributed by atoms with Gasteiger partial charge in [-0.3, -0.25) is 9.78 Å². The Bertz CT molecular complexity index is 811. The van der Waals surface area contributed by atoms with E-state index in [9.17, 15) is 13.6 Å². The molecule has 0 N–H and O–H groups in total. The van der Waals surface area contributed by atoms with Gasteiger partial charge in [-0.1, -0.05) is 12.1 Å². The molecule has 0 radical (unpaired) electrons. The number of carbonyl (C=O) groups is 1. The van der Waals surface area contributed by atoms with E-state index in [-0.39, 0.29) is 17.7 Å². The summed E-state index contributed by atoms with van der Waals surface area (Å²) in [6.07, 6.45) is 4.33. The highest BCUT2D eigenvalue weighted by Crippen LogP contribution is 2.46. The third-order valence-corrected chi connectivity index (χ3v) is 5.14. The lowest BCUT2D eigenvalue weighted by atomic mass is 9.76. The van der Waals surface area contributed by atoms with E-state index in [1.807, 2.05) is 0 Å². The first-order chi connectivity index (χ1) is 12.5. The molecule has 1 aromatic carbocycles. The Morgan fingerprint density at radius 1 is 1.35 bits per heavy atom. The number of ether oxygens (including phenoxy) is 2. The van der Waals surface area contributed by atoms with Gasteiger partial charge in [-0.15, -0.1) is 0 Å². The Balaban J connectivity index is 1.80. The first-order valence-electron chi connectivity index (χ1n) is 8.53. The van der Waals surface area contributed by atoms with Crippen LogP contribution in [0.25, 0.3) is 0 Å². The molecule has 2 atom stereocenters. The van der Waals surface area contributed by atoms with Crippen molar-refractivity contribution in [3.8, 4) is 5.75 Å². The van der Waals surface area contributed by atoms with E-state index in [4.69, 9.17) is 9.47 Å². The molecule has 1 aliphatic carbocycles. The highest BCUT2D eigenvalue weighted by molar-refractivity contribution is 5.84. The van der Waals surface area contributed by atoms with Crippen LogP contribution >= 0.6 is 0 Å². The Morgan fingerprint density at radius 3 is 2.88 bits per heavy atom. The zero-order valence-corrected chi connectivity index (χ0v) is 14.8. The lowest BCUT2D eigenvalue weighted by Gasteiger charge is -2.28. The van der Waals surface area contributed by atoms with Crippen LogP contribution in [-0.2, 0) is 14.9 Å². The maximum absolute atomic E-state index is 14.1. The van der Waals surface area contributed by atoms with Crippen LogP contribution in [0.1, 0.15) is 30.4 Å². The Hall–Kier alpha value is -2.50. The molecule has 138 valence electrons. The van der Waals surface area contributed by atoms with Crippen molar-refractivity contribution in [2.45, 2.75) is 31.6 Å². The SMILES string of the molecule is COC(=O)[C@@]1(c2cccc(F)c2C)CC[C@@H](COc2cncc(F)c2)C1. The molecular weight excluding hydrogens is 340 g/mol. The third kappa shape index (κ3) is 3.41. The van der Waals surface area contributed by atoms with Gasteiger partial charge in [-0.2, -0.15) is 0 Å². The number of carbonyl (C=O) groups excluding carboxylic acids is 1. The second kappa shape index (κ2) is 7.40. The zero-order chi connectivity index (χ0) is 18.7. The minimum absolute atomic E-state index is 0.0695. The average Bonchev–Trinajstić information content (AvgIpc) is 3.07. The maximum atomic E-state index is 14.1. The van der Waals surface area contributed by atoms with E-state index in [0.29, 0.717) is 36.3 Å². The second-order valence-electron chi connectivity index (χ2n) is 6.74. The molecule has 0 unspecified atom stereocenters. The summed E-state index contributed by atoms with van der Waals surface area (Å²) >= 11 is 0. The zero-order valence-electron chi connectivity index (χ0n) is 14.8. The lowest BCUT2D eigenvalue weighted by Crippen LogP contribution is -2.36. The summed E-state index contributed by atoms with van der Waals surface area (Å²) in [4.78, 5) is 16.4. The smallest absolute Gasteiger partial charge is 0.316 e. The Kier molecular flexibility index (Phi) is 5.20. The van der Waals surface area contributed by atoms with Crippen LogP contribution in [0.4, 0.5) is 8.78 Å². The van der Waals surface area contributed by atoms with Gasteiger partial charge in [-0.25, -0.2) is 8.78 Å². The van der Waals surface area contributed by atoms with Crippen molar-refractivity contribution >= 4 is 5.97 Å². The average molecular weight is 361 g/mol. The van der Waals surface area contributed by atoms with Crippen molar-refractivity contribution < 1.29 is 23.0 Å². The van der Waals surface area contributed by atoms with Gasteiger partial charge in [0.15, 0.2) is 0 Å². The number of esters is 1. The summed E-state index contributed by atoms with van der Waals surface area (Å²) in [6.45, 7) is 2.01. The summed E-state index contributed by atoms with van der Waals surface area (Å²) < 4.78 is 38.0. The van der Waals surface area contributed by atoms with Crippen molar-refractivity contribution in [2.24, 2.45) is 5.92 Å². The van der Waals surface area contributed by atoms with E-state index in [1.54, 1.807) is 19.1 Å². The molecule has 3 rings (SSSR count). The summed E-state index contributed by atoms with van der Waals surface area (Å²) in [5.41, 5.74) is 0.253. The van der Waals surface area contributed by atoms with Crippen molar-refractivity contribution in [1.82, 2.24) is 4.98 Å². The van der Waals surface area contributed by atoms with Gasteiger partial charge in [-0.05, 0) is 49.3 Å². The summed E-state index contributed by atoms with van der Waals surface area (Å²) in [5, 5.41) is 0. The number of halogens is 2. The van der Waals surface area contributed by atoms with Crippen molar-refractivity contribution in [1.29, 1.82) is 0 Å². The number of aromatic nitrogens is 1. The maximum Gasteiger partial charge on any atom is 0.316 e.